The van der Waals surface area contributed by atoms with E-state index in [2.05, 4.69) is 12.2 Å². The van der Waals surface area contributed by atoms with Crippen molar-refractivity contribution in [1.29, 1.82) is 0 Å². The monoisotopic (exact) mass is 284 g/mol. The highest BCUT2D eigenvalue weighted by atomic mass is 16.5. The summed E-state index contributed by atoms with van der Waals surface area (Å²) in [7, 11) is 0. The lowest BCUT2D eigenvalue weighted by atomic mass is 9.86. The van der Waals surface area contributed by atoms with Gasteiger partial charge in [0.1, 0.15) is 0 Å². The van der Waals surface area contributed by atoms with Crippen LogP contribution >= 0.6 is 0 Å². The Morgan fingerprint density at radius 2 is 1.90 bits per heavy atom. The van der Waals surface area contributed by atoms with Gasteiger partial charge in [0, 0.05) is 6.04 Å². The Labute approximate surface area is 121 Å². The summed E-state index contributed by atoms with van der Waals surface area (Å²) in [4.78, 5) is 23.5. The van der Waals surface area contributed by atoms with E-state index in [1.54, 1.807) is 0 Å². The fourth-order valence-electron chi connectivity index (χ4n) is 2.60. The number of nitrogens with two attached hydrogens (primary N) is 1. The minimum Gasteiger partial charge on any atom is -0.466 e. The molecule has 0 aromatic heterocycles. The molecule has 20 heavy (non-hydrogen) atoms. The molecule has 0 unspecified atom stereocenters. The first-order valence-corrected chi connectivity index (χ1v) is 7.81. The van der Waals surface area contributed by atoms with Gasteiger partial charge in [-0.3, -0.25) is 9.59 Å². The molecule has 1 saturated carbocycles. The van der Waals surface area contributed by atoms with Crippen molar-refractivity contribution < 1.29 is 14.3 Å². The van der Waals surface area contributed by atoms with Gasteiger partial charge in [-0.2, -0.15) is 0 Å². The third-order valence-corrected chi connectivity index (χ3v) is 3.90. The SMILES string of the molecule is CCCC[C@H](N)C(=O)NC1CCC(C(=O)OCC)CC1. The summed E-state index contributed by atoms with van der Waals surface area (Å²) in [5, 5.41) is 3.00. The first-order valence-electron chi connectivity index (χ1n) is 7.81. The van der Waals surface area contributed by atoms with Crippen LogP contribution in [0.1, 0.15) is 58.8 Å². The number of rotatable bonds is 7. The van der Waals surface area contributed by atoms with Gasteiger partial charge in [-0.25, -0.2) is 0 Å². The molecule has 1 aliphatic rings. The van der Waals surface area contributed by atoms with Crippen LogP contribution in [0.3, 0.4) is 0 Å². The smallest absolute Gasteiger partial charge is 0.308 e. The van der Waals surface area contributed by atoms with Crippen LogP contribution in [-0.2, 0) is 14.3 Å². The van der Waals surface area contributed by atoms with Gasteiger partial charge in [-0.1, -0.05) is 19.8 Å². The predicted octanol–water partition coefficient (Wildman–Crippen LogP) is 1.74. The molecule has 0 radical (unpaired) electrons. The van der Waals surface area contributed by atoms with Crippen LogP contribution in [0.15, 0.2) is 0 Å². The molecule has 1 amide bonds. The van der Waals surface area contributed by atoms with Crippen LogP contribution in [0, 0.1) is 5.92 Å². The largest absolute Gasteiger partial charge is 0.466 e. The highest BCUT2D eigenvalue weighted by molar-refractivity contribution is 5.81. The number of carbonyl (C=O) groups excluding carboxylic acids is 2. The molecular weight excluding hydrogens is 256 g/mol. The minimum atomic E-state index is -0.405. The summed E-state index contributed by atoms with van der Waals surface area (Å²) in [6.07, 6.45) is 5.99. The van der Waals surface area contributed by atoms with Crippen molar-refractivity contribution in [3.8, 4) is 0 Å². The number of esters is 1. The molecular formula is C15H28N2O3. The van der Waals surface area contributed by atoms with Gasteiger partial charge in [0.2, 0.25) is 5.91 Å². The summed E-state index contributed by atoms with van der Waals surface area (Å²) in [6.45, 7) is 4.34. The van der Waals surface area contributed by atoms with Crippen LogP contribution in [0.2, 0.25) is 0 Å². The van der Waals surface area contributed by atoms with Gasteiger partial charge >= 0.3 is 5.97 Å². The third-order valence-electron chi connectivity index (χ3n) is 3.90. The molecule has 5 nitrogen and oxygen atoms in total. The van der Waals surface area contributed by atoms with E-state index >= 15 is 0 Å². The van der Waals surface area contributed by atoms with Gasteiger partial charge in [-0.15, -0.1) is 0 Å². The van der Waals surface area contributed by atoms with Crippen molar-refractivity contribution in [2.24, 2.45) is 11.7 Å². The lowest BCUT2D eigenvalue weighted by molar-refractivity contribution is -0.149. The van der Waals surface area contributed by atoms with E-state index in [1.165, 1.54) is 0 Å². The van der Waals surface area contributed by atoms with Crippen molar-refractivity contribution in [2.75, 3.05) is 6.61 Å². The highest BCUT2D eigenvalue weighted by Gasteiger charge is 2.28. The second-order valence-corrected chi connectivity index (χ2v) is 5.56. The maximum Gasteiger partial charge on any atom is 0.308 e. The summed E-state index contributed by atoms with van der Waals surface area (Å²) in [5.74, 6) is -0.160. The molecule has 0 aromatic rings. The Hall–Kier alpha value is -1.10. The maximum atomic E-state index is 11.9. The third kappa shape index (κ3) is 5.49. The lowest BCUT2D eigenvalue weighted by Crippen LogP contribution is -2.46. The Bertz CT molecular complexity index is 312. The Balaban J connectivity index is 2.28. The number of nitrogens with one attached hydrogen (secondary N) is 1. The summed E-state index contributed by atoms with van der Waals surface area (Å²) >= 11 is 0. The molecule has 0 spiro atoms. The molecule has 0 aliphatic heterocycles. The predicted molar refractivity (Wildman–Crippen MR) is 78.0 cm³/mol. The van der Waals surface area contributed by atoms with E-state index in [0.717, 1.165) is 44.9 Å². The average molecular weight is 284 g/mol. The minimum absolute atomic E-state index is 0.00290. The Kier molecular flexibility index (Phi) is 7.59. The fraction of sp³-hybridized carbons (Fsp3) is 0.867. The van der Waals surface area contributed by atoms with Crippen LogP contribution in [0.4, 0.5) is 0 Å². The van der Waals surface area contributed by atoms with E-state index < -0.39 is 6.04 Å². The second-order valence-electron chi connectivity index (χ2n) is 5.56. The molecule has 3 N–H and O–H groups in total. The normalized spacial score (nSPS) is 23.9. The van der Waals surface area contributed by atoms with Crippen molar-refractivity contribution in [1.82, 2.24) is 5.32 Å². The topological polar surface area (TPSA) is 81.4 Å². The molecule has 1 rings (SSSR count). The first-order chi connectivity index (χ1) is 9.58. The van der Waals surface area contributed by atoms with Crippen molar-refractivity contribution in [3.63, 3.8) is 0 Å². The van der Waals surface area contributed by atoms with Crippen molar-refractivity contribution >= 4 is 11.9 Å². The molecule has 0 heterocycles. The molecule has 0 aromatic carbocycles. The number of unbranched alkanes of at least 4 members (excludes halogenated alkanes) is 1. The second kappa shape index (κ2) is 8.95. The van der Waals surface area contributed by atoms with Gasteiger partial charge in [0.25, 0.3) is 0 Å². The van der Waals surface area contributed by atoms with E-state index in [0.29, 0.717) is 6.61 Å². The molecule has 116 valence electrons. The number of hydrogen-bond acceptors (Lipinski definition) is 4. The van der Waals surface area contributed by atoms with Crippen LogP contribution < -0.4 is 11.1 Å². The van der Waals surface area contributed by atoms with Crippen LogP contribution in [-0.4, -0.2) is 30.6 Å². The maximum absolute atomic E-state index is 11.9. The Morgan fingerprint density at radius 3 is 2.45 bits per heavy atom. The number of amides is 1. The zero-order chi connectivity index (χ0) is 15.0. The molecule has 0 bridgehead atoms. The fourth-order valence-corrected chi connectivity index (χ4v) is 2.60. The van der Waals surface area contributed by atoms with E-state index in [1.807, 2.05) is 6.92 Å². The zero-order valence-corrected chi connectivity index (χ0v) is 12.7. The van der Waals surface area contributed by atoms with Gasteiger partial charge in [-0.05, 0) is 39.0 Å². The van der Waals surface area contributed by atoms with E-state index in [-0.39, 0.29) is 23.8 Å². The molecule has 0 saturated heterocycles. The standard InChI is InChI=1S/C15H28N2O3/c1-3-5-6-13(16)14(18)17-12-9-7-11(8-10-12)15(19)20-4-2/h11-13H,3-10,16H2,1-2H3,(H,17,18)/t11?,12?,13-/m0/s1. The average Bonchev–Trinajstić information content (AvgIpc) is 2.45. The number of ether oxygens (including phenoxy) is 1. The molecule has 1 aliphatic carbocycles. The van der Waals surface area contributed by atoms with Crippen molar-refractivity contribution in [3.05, 3.63) is 0 Å². The quantitative estimate of drug-likeness (QED) is 0.698. The van der Waals surface area contributed by atoms with Crippen LogP contribution in [0.5, 0.6) is 0 Å². The summed E-state index contributed by atoms with van der Waals surface area (Å²) in [5.41, 5.74) is 5.85. The highest BCUT2D eigenvalue weighted by Crippen LogP contribution is 2.25. The van der Waals surface area contributed by atoms with Crippen molar-refractivity contribution in [2.45, 2.75) is 70.9 Å². The summed E-state index contributed by atoms with van der Waals surface area (Å²) in [6, 6.07) is -0.251. The molecule has 1 atom stereocenters. The van der Waals surface area contributed by atoms with Gasteiger partial charge in [0.05, 0.1) is 18.6 Å². The summed E-state index contributed by atoms with van der Waals surface area (Å²) < 4.78 is 5.03. The van der Waals surface area contributed by atoms with Crippen LogP contribution in [0.25, 0.3) is 0 Å². The van der Waals surface area contributed by atoms with Gasteiger partial charge in [0.15, 0.2) is 0 Å². The van der Waals surface area contributed by atoms with E-state index in [4.69, 9.17) is 10.5 Å². The number of hydrogen-bond donors (Lipinski definition) is 2. The first kappa shape index (κ1) is 17.0. The Morgan fingerprint density at radius 1 is 1.25 bits per heavy atom. The lowest BCUT2D eigenvalue weighted by Gasteiger charge is -2.28. The molecule has 1 fully saturated rings. The van der Waals surface area contributed by atoms with E-state index in [9.17, 15) is 9.59 Å². The van der Waals surface area contributed by atoms with Gasteiger partial charge < -0.3 is 15.8 Å². The number of carbonyl (C=O) groups is 2. The molecule has 5 heteroatoms. The zero-order valence-electron chi connectivity index (χ0n) is 12.7.